The minimum absolute atomic E-state index is 0.135. The van der Waals surface area contributed by atoms with Gasteiger partial charge >= 0.3 is 5.97 Å². The maximum Gasteiger partial charge on any atom is 0.339 e. The Kier molecular flexibility index (Phi) is 4.44. The molecule has 0 saturated heterocycles. The van der Waals surface area contributed by atoms with Crippen LogP contribution < -0.4 is 0 Å². The lowest BCUT2D eigenvalue weighted by molar-refractivity contribution is -0.269. The minimum atomic E-state index is -0.465. The molecule has 0 aromatic rings. The van der Waals surface area contributed by atoms with Crippen LogP contribution in [-0.4, -0.2) is 18.0 Å². The molecule has 0 heterocycles. The average molecular weight is 153 g/mol. The Bertz CT molecular complexity index is 92.2. The number of halogens is 1. The zero-order chi connectivity index (χ0) is 7.28. The van der Waals surface area contributed by atoms with Crippen molar-refractivity contribution in [2.45, 2.75) is 19.2 Å². The van der Waals surface area contributed by atoms with Gasteiger partial charge in [-0.1, -0.05) is 0 Å². The third-order valence-electron chi connectivity index (χ3n) is 0.474. The molecule has 0 fully saturated rings. The van der Waals surface area contributed by atoms with E-state index in [1.807, 2.05) is 0 Å². The van der Waals surface area contributed by atoms with Crippen molar-refractivity contribution in [2.75, 3.05) is 6.61 Å². The first-order chi connectivity index (χ1) is 4.13. The van der Waals surface area contributed by atoms with Crippen LogP contribution >= 0.6 is 11.6 Å². The number of carbonyl (C=O) groups is 1. The van der Waals surface area contributed by atoms with Crippen LogP contribution in [0.4, 0.5) is 0 Å². The maximum atomic E-state index is 10.0. The standard InChI is InChI=1S/C5H9ClO3/c1-4(6)3-8-9-5(2)7/h4H,3H2,1-2H3. The van der Waals surface area contributed by atoms with Gasteiger partial charge in [-0.2, -0.15) is 4.89 Å². The van der Waals surface area contributed by atoms with Gasteiger partial charge in [0.25, 0.3) is 0 Å². The molecule has 0 N–H and O–H groups in total. The molecule has 4 heteroatoms. The van der Waals surface area contributed by atoms with Gasteiger partial charge < -0.3 is 0 Å². The number of rotatable bonds is 3. The van der Waals surface area contributed by atoms with Crippen LogP contribution in [0.2, 0.25) is 0 Å². The van der Waals surface area contributed by atoms with Crippen LogP contribution in [0.1, 0.15) is 13.8 Å². The van der Waals surface area contributed by atoms with Gasteiger partial charge in [0.1, 0.15) is 6.61 Å². The maximum absolute atomic E-state index is 10.0. The topological polar surface area (TPSA) is 35.5 Å². The number of hydrogen-bond acceptors (Lipinski definition) is 3. The molecule has 0 rings (SSSR count). The SMILES string of the molecule is CC(=O)OOCC(C)Cl. The van der Waals surface area contributed by atoms with Crippen molar-refractivity contribution in [1.82, 2.24) is 0 Å². The highest BCUT2D eigenvalue weighted by Crippen LogP contribution is 1.93. The summed E-state index contributed by atoms with van der Waals surface area (Å²) in [6.45, 7) is 3.23. The molecule has 9 heavy (non-hydrogen) atoms. The first kappa shape index (κ1) is 8.72. The van der Waals surface area contributed by atoms with E-state index in [-0.39, 0.29) is 12.0 Å². The Labute approximate surface area is 58.8 Å². The van der Waals surface area contributed by atoms with Gasteiger partial charge in [-0.15, -0.1) is 11.6 Å². The highest BCUT2D eigenvalue weighted by atomic mass is 35.5. The van der Waals surface area contributed by atoms with E-state index in [0.29, 0.717) is 0 Å². The fourth-order valence-electron chi connectivity index (χ4n) is 0.211. The largest absolute Gasteiger partial charge is 0.339 e. The lowest BCUT2D eigenvalue weighted by atomic mass is 10.5. The van der Waals surface area contributed by atoms with Crippen LogP contribution in [0.25, 0.3) is 0 Å². The van der Waals surface area contributed by atoms with Crippen molar-refractivity contribution >= 4 is 17.6 Å². The van der Waals surface area contributed by atoms with E-state index in [9.17, 15) is 4.79 Å². The van der Waals surface area contributed by atoms with Gasteiger partial charge in [-0.3, -0.25) is 4.89 Å². The van der Waals surface area contributed by atoms with Crippen LogP contribution in [0.15, 0.2) is 0 Å². The van der Waals surface area contributed by atoms with E-state index in [4.69, 9.17) is 11.6 Å². The normalized spacial score (nSPS) is 12.8. The van der Waals surface area contributed by atoms with Crippen molar-refractivity contribution in [3.63, 3.8) is 0 Å². The Balaban J connectivity index is 3.01. The Hall–Kier alpha value is -0.280. The van der Waals surface area contributed by atoms with Crippen molar-refractivity contribution in [3.8, 4) is 0 Å². The highest BCUT2D eigenvalue weighted by molar-refractivity contribution is 6.20. The van der Waals surface area contributed by atoms with Gasteiger partial charge in [-0.25, -0.2) is 4.79 Å². The minimum Gasteiger partial charge on any atom is -0.299 e. The molecule has 0 amide bonds. The average Bonchev–Trinajstić information content (AvgIpc) is 1.63. The van der Waals surface area contributed by atoms with Gasteiger partial charge in [0.05, 0.1) is 5.38 Å². The molecule has 0 radical (unpaired) electrons. The van der Waals surface area contributed by atoms with Gasteiger partial charge in [0.2, 0.25) is 0 Å². The molecule has 3 nitrogen and oxygen atoms in total. The van der Waals surface area contributed by atoms with Crippen LogP contribution in [-0.2, 0) is 14.6 Å². The van der Waals surface area contributed by atoms with Gasteiger partial charge in [0, 0.05) is 6.92 Å². The number of carbonyl (C=O) groups excluding carboxylic acids is 1. The summed E-state index contributed by atoms with van der Waals surface area (Å²) >= 11 is 5.44. The van der Waals surface area contributed by atoms with Crippen molar-refractivity contribution in [1.29, 1.82) is 0 Å². The van der Waals surface area contributed by atoms with E-state index < -0.39 is 5.97 Å². The van der Waals surface area contributed by atoms with Crippen LogP contribution in [0.5, 0.6) is 0 Å². The summed E-state index contributed by atoms with van der Waals surface area (Å²) in [5.41, 5.74) is 0. The molecule has 0 aromatic carbocycles. The summed E-state index contributed by atoms with van der Waals surface area (Å²) in [6.07, 6.45) is 0. The molecule has 0 aliphatic heterocycles. The number of hydrogen-bond donors (Lipinski definition) is 0. The molecule has 0 bridgehead atoms. The second-order valence-corrected chi connectivity index (χ2v) is 2.39. The summed E-state index contributed by atoms with van der Waals surface area (Å²) in [5.74, 6) is -0.465. The number of alkyl halides is 1. The Morgan fingerprint density at radius 1 is 1.78 bits per heavy atom. The first-order valence-electron chi connectivity index (χ1n) is 2.57. The summed E-state index contributed by atoms with van der Waals surface area (Å²) in [6, 6.07) is 0. The zero-order valence-corrected chi connectivity index (χ0v) is 6.14. The lowest BCUT2D eigenvalue weighted by Gasteiger charge is -2.00. The highest BCUT2D eigenvalue weighted by Gasteiger charge is 1.97. The quantitative estimate of drug-likeness (QED) is 0.345. The third kappa shape index (κ3) is 7.72. The molecule has 54 valence electrons. The first-order valence-corrected chi connectivity index (χ1v) is 3.00. The predicted molar refractivity (Wildman–Crippen MR) is 33.0 cm³/mol. The summed E-state index contributed by atoms with van der Waals surface area (Å²) in [5, 5.41) is -0.135. The summed E-state index contributed by atoms with van der Waals surface area (Å²) in [4.78, 5) is 18.5. The second kappa shape index (κ2) is 4.58. The van der Waals surface area contributed by atoms with Crippen molar-refractivity contribution in [2.24, 2.45) is 0 Å². The molecular weight excluding hydrogens is 144 g/mol. The van der Waals surface area contributed by atoms with E-state index in [2.05, 4.69) is 9.78 Å². The summed E-state index contributed by atoms with van der Waals surface area (Å²) < 4.78 is 0. The van der Waals surface area contributed by atoms with Gasteiger partial charge in [-0.05, 0) is 6.92 Å². The molecule has 1 atom stereocenters. The molecule has 0 aliphatic rings. The molecule has 0 spiro atoms. The predicted octanol–water partition coefficient (Wildman–Crippen LogP) is 1.11. The zero-order valence-electron chi connectivity index (χ0n) is 5.39. The van der Waals surface area contributed by atoms with Gasteiger partial charge in [0.15, 0.2) is 0 Å². The Morgan fingerprint density at radius 3 is 2.67 bits per heavy atom. The second-order valence-electron chi connectivity index (χ2n) is 1.64. The third-order valence-corrected chi connectivity index (χ3v) is 0.600. The lowest BCUT2D eigenvalue weighted by Crippen LogP contribution is -2.07. The van der Waals surface area contributed by atoms with Crippen molar-refractivity contribution in [3.05, 3.63) is 0 Å². The van der Waals surface area contributed by atoms with E-state index in [1.165, 1.54) is 6.92 Å². The van der Waals surface area contributed by atoms with Crippen LogP contribution in [0, 0.1) is 0 Å². The Morgan fingerprint density at radius 2 is 2.33 bits per heavy atom. The fraction of sp³-hybridized carbons (Fsp3) is 0.800. The molecular formula is C5H9ClO3. The smallest absolute Gasteiger partial charge is 0.299 e. The molecule has 1 unspecified atom stereocenters. The van der Waals surface area contributed by atoms with Crippen molar-refractivity contribution < 1.29 is 14.6 Å². The fourth-order valence-corrected chi connectivity index (χ4v) is 0.262. The van der Waals surface area contributed by atoms with E-state index in [0.717, 1.165) is 0 Å². The monoisotopic (exact) mass is 152 g/mol. The molecule has 0 aromatic heterocycles. The molecule has 0 aliphatic carbocycles. The summed E-state index contributed by atoms with van der Waals surface area (Å²) in [7, 11) is 0. The van der Waals surface area contributed by atoms with E-state index >= 15 is 0 Å². The molecule has 0 saturated carbocycles. The van der Waals surface area contributed by atoms with Crippen LogP contribution in [0.3, 0.4) is 0 Å². The van der Waals surface area contributed by atoms with E-state index in [1.54, 1.807) is 6.92 Å².